The van der Waals surface area contributed by atoms with Gasteiger partial charge in [0.25, 0.3) is 0 Å². The van der Waals surface area contributed by atoms with Crippen molar-refractivity contribution in [1.82, 2.24) is 10.2 Å². The highest BCUT2D eigenvalue weighted by atomic mass is 32.2. The third-order valence-corrected chi connectivity index (χ3v) is 4.57. The van der Waals surface area contributed by atoms with Gasteiger partial charge < -0.3 is 15.3 Å². The molecule has 2 aliphatic heterocycles. The second-order valence-electron chi connectivity index (χ2n) is 4.24. The van der Waals surface area contributed by atoms with Crippen LogP contribution in [0.1, 0.15) is 12.8 Å². The molecule has 1 amide bonds. The van der Waals surface area contributed by atoms with Gasteiger partial charge in [0.05, 0.1) is 17.4 Å². The van der Waals surface area contributed by atoms with Crippen molar-refractivity contribution in [3.8, 4) is 0 Å². The highest BCUT2D eigenvalue weighted by Crippen LogP contribution is 2.28. The third-order valence-electron chi connectivity index (χ3n) is 3.20. The highest BCUT2D eigenvalue weighted by Gasteiger charge is 2.35. The molecule has 0 spiro atoms. The lowest BCUT2D eigenvalue weighted by molar-refractivity contribution is -0.132. The van der Waals surface area contributed by atoms with E-state index >= 15 is 0 Å². The molecule has 0 aliphatic carbocycles. The minimum Gasteiger partial charge on any atom is -0.390 e. The summed E-state index contributed by atoms with van der Waals surface area (Å²) in [7, 11) is 1.81. The van der Waals surface area contributed by atoms with Crippen LogP contribution >= 0.6 is 11.8 Å². The lowest BCUT2D eigenvalue weighted by Crippen LogP contribution is -2.47. The number of hydrogen-bond acceptors (Lipinski definition) is 4. The Bertz CT molecular complexity index is 244. The fraction of sp³-hybridized carbons (Fsp3) is 0.900. The summed E-state index contributed by atoms with van der Waals surface area (Å²) in [6.45, 7) is 1.31. The summed E-state index contributed by atoms with van der Waals surface area (Å²) in [4.78, 5) is 13.8. The molecule has 0 saturated carbocycles. The maximum absolute atomic E-state index is 12.0. The quantitative estimate of drug-likeness (QED) is 0.682. The van der Waals surface area contributed by atoms with E-state index in [1.807, 2.05) is 7.05 Å². The standard InChI is InChI=1S/C10H18N2O2S/c1-12(7-5-11-6-8(7)13)10(14)9-3-2-4-15-9/h7-9,11,13H,2-6H2,1H3/t7-,8-,9?/m0/s1. The van der Waals surface area contributed by atoms with Gasteiger partial charge in [0, 0.05) is 20.1 Å². The number of hydrogen-bond donors (Lipinski definition) is 2. The predicted molar refractivity (Wildman–Crippen MR) is 60.9 cm³/mol. The first-order valence-electron chi connectivity index (χ1n) is 5.47. The van der Waals surface area contributed by atoms with E-state index in [0.29, 0.717) is 13.1 Å². The Morgan fingerprint density at radius 1 is 1.53 bits per heavy atom. The Labute approximate surface area is 94.4 Å². The largest absolute Gasteiger partial charge is 0.390 e. The zero-order valence-corrected chi connectivity index (χ0v) is 9.80. The Balaban J connectivity index is 1.94. The van der Waals surface area contributed by atoms with Crippen molar-refractivity contribution < 1.29 is 9.90 Å². The Morgan fingerprint density at radius 2 is 2.33 bits per heavy atom. The van der Waals surface area contributed by atoms with Crippen molar-refractivity contribution in [3.63, 3.8) is 0 Å². The summed E-state index contributed by atoms with van der Waals surface area (Å²) < 4.78 is 0. The predicted octanol–water partition coefficient (Wildman–Crippen LogP) is -0.327. The van der Waals surface area contributed by atoms with Gasteiger partial charge in [-0.25, -0.2) is 0 Å². The molecule has 5 heteroatoms. The zero-order valence-electron chi connectivity index (χ0n) is 8.98. The van der Waals surface area contributed by atoms with E-state index in [9.17, 15) is 9.90 Å². The topological polar surface area (TPSA) is 52.6 Å². The summed E-state index contributed by atoms with van der Waals surface area (Å²) in [6.07, 6.45) is 1.72. The second-order valence-corrected chi connectivity index (χ2v) is 5.55. The van der Waals surface area contributed by atoms with Gasteiger partial charge >= 0.3 is 0 Å². The van der Waals surface area contributed by atoms with Crippen LogP contribution in [0.2, 0.25) is 0 Å². The molecule has 0 aromatic heterocycles. The lowest BCUT2D eigenvalue weighted by atomic mass is 10.1. The van der Waals surface area contributed by atoms with Crippen LogP contribution < -0.4 is 5.32 Å². The van der Waals surface area contributed by atoms with Gasteiger partial charge in [-0.1, -0.05) is 0 Å². The minimum absolute atomic E-state index is 0.0429. The maximum atomic E-state index is 12.0. The van der Waals surface area contributed by atoms with Crippen LogP contribution in [0.4, 0.5) is 0 Å². The normalized spacial score (nSPS) is 35.7. The molecule has 0 bridgehead atoms. The number of thioether (sulfide) groups is 1. The number of rotatable bonds is 2. The van der Waals surface area contributed by atoms with Crippen molar-refractivity contribution in [2.24, 2.45) is 0 Å². The van der Waals surface area contributed by atoms with Crippen LogP contribution in [0.3, 0.4) is 0 Å². The number of likely N-dealkylation sites (N-methyl/N-ethyl adjacent to an activating group) is 1. The number of aliphatic hydroxyl groups excluding tert-OH is 1. The van der Waals surface area contributed by atoms with E-state index in [1.54, 1.807) is 16.7 Å². The molecule has 2 rings (SSSR count). The fourth-order valence-electron chi connectivity index (χ4n) is 2.21. The van der Waals surface area contributed by atoms with Crippen LogP contribution in [-0.2, 0) is 4.79 Å². The van der Waals surface area contributed by atoms with Crippen molar-refractivity contribution in [2.75, 3.05) is 25.9 Å². The van der Waals surface area contributed by atoms with Crippen molar-refractivity contribution in [1.29, 1.82) is 0 Å². The Morgan fingerprint density at radius 3 is 2.87 bits per heavy atom. The molecule has 0 aromatic rings. The zero-order chi connectivity index (χ0) is 10.8. The molecule has 86 valence electrons. The average Bonchev–Trinajstić information content (AvgIpc) is 2.85. The summed E-state index contributed by atoms with van der Waals surface area (Å²) in [5, 5.41) is 12.9. The van der Waals surface area contributed by atoms with E-state index < -0.39 is 6.10 Å². The van der Waals surface area contributed by atoms with Crippen LogP contribution in [0.15, 0.2) is 0 Å². The van der Waals surface area contributed by atoms with Crippen LogP contribution in [0.25, 0.3) is 0 Å². The SMILES string of the molecule is CN(C(=O)C1CCCS1)[C@H]1CNC[C@@H]1O. The number of carbonyl (C=O) groups is 1. The van der Waals surface area contributed by atoms with Gasteiger partial charge in [0.2, 0.25) is 5.91 Å². The van der Waals surface area contributed by atoms with Crippen molar-refractivity contribution >= 4 is 17.7 Å². The molecular weight excluding hydrogens is 212 g/mol. The van der Waals surface area contributed by atoms with Gasteiger partial charge in [-0.15, -0.1) is 11.8 Å². The first kappa shape index (κ1) is 11.2. The maximum Gasteiger partial charge on any atom is 0.235 e. The molecule has 2 heterocycles. The fourth-order valence-corrected chi connectivity index (χ4v) is 3.47. The van der Waals surface area contributed by atoms with Crippen LogP contribution in [-0.4, -0.2) is 59.2 Å². The van der Waals surface area contributed by atoms with E-state index in [2.05, 4.69) is 5.32 Å². The molecule has 2 fully saturated rings. The van der Waals surface area contributed by atoms with Gasteiger partial charge in [0.1, 0.15) is 0 Å². The lowest BCUT2D eigenvalue weighted by Gasteiger charge is -2.28. The number of nitrogens with zero attached hydrogens (tertiary/aromatic N) is 1. The van der Waals surface area contributed by atoms with E-state index in [-0.39, 0.29) is 17.2 Å². The van der Waals surface area contributed by atoms with E-state index in [4.69, 9.17) is 0 Å². The molecule has 2 saturated heterocycles. The van der Waals surface area contributed by atoms with Crippen LogP contribution in [0.5, 0.6) is 0 Å². The molecule has 2 aliphatic rings. The summed E-state index contributed by atoms with van der Waals surface area (Å²) in [5.41, 5.74) is 0. The number of β-amino-alcohol motifs (C(OH)–C–C–N with tert-alkyl or cyclic N) is 1. The van der Waals surface area contributed by atoms with Crippen LogP contribution in [0, 0.1) is 0 Å². The molecule has 3 atom stereocenters. The molecule has 2 N–H and O–H groups in total. The highest BCUT2D eigenvalue weighted by molar-refractivity contribution is 8.00. The molecule has 0 aromatic carbocycles. The number of amides is 1. The van der Waals surface area contributed by atoms with Gasteiger partial charge in [-0.2, -0.15) is 0 Å². The smallest absolute Gasteiger partial charge is 0.235 e. The van der Waals surface area contributed by atoms with Gasteiger partial charge in [-0.05, 0) is 18.6 Å². The number of aliphatic hydroxyl groups is 1. The molecule has 1 unspecified atom stereocenters. The van der Waals surface area contributed by atoms with Crippen molar-refractivity contribution in [2.45, 2.75) is 30.2 Å². The summed E-state index contributed by atoms with van der Waals surface area (Å²) in [5.74, 6) is 1.28. The third kappa shape index (κ3) is 2.29. The molecular formula is C10H18N2O2S. The van der Waals surface area contributed by atoms with Gasteiger partial charge in [0.15, 0.2) is 0 Å². The average molecular weight is 230 g/mol. The van der Waals surface area contributed by atoms with Crippen molar-refractivity contribution in [3.05, 3.63) is 0 Å². The van der Waals surface area contributed by atoms with E-state index in [0.717, 1.165) is 18.6 Å². The first-order valence-corrected chi connectivity index (χ1v) is 6.52. The number of nitrogens with one attached hydrogen (secondary N) is 1. The Kier molecular flexibility index (Phi) is 3.53. The summed E-state index contributed by atoms with van der Waals surface area (Å²) >= 11 is 1.75. The summed E-state index contributed by atoms with van der Waals surface area (Å²) in [6, 6.07) is -0.0429. The first-order chi connectivity index (χ1) is 7.20. The molecule has 15 heavy (non-hydrogen) atoms. The molecule has 0 radical (unpaired) electrons. The number of carbonyl (C=O) groups excluding carboxylic acids is 1. The van der Waals surface area contributed by atoms with E-state index in [1.165, 1.54) is 0 Å². The minimum atomic E-state index is -0.412. The Hall–Kier alpha value is -0.260. The molecule has 4 nitrogen and oxygen atoms in total. The monoisotopic (exact) mass is 230 g/mol. The second kappa shape index (κ2) is 4.72. The van der Waals surface area contributed by atoms with Gasteiger partial charge in [-0.3, -0.25) is 4.79 Å².